The number of carbonyl (C=O) groups is 2. The van der Waals surface area contributed by atoms with E-state index in [1.165, 1.54) is 11.3 Å². The number of carbonyl (C=O) groups excluding carboxylic acids is 2. The van der Waals surface area contributed by atoms with E-state index in [-0.39, 0.29) is 17.7 Å². The van der Waals surface area contributed by atoms with Crippen LogP contribution in [0.1, 0.15) is 47.8 Å². The van der Waals surface area contributed by atoms with Gasteiger partial charge in [0.25, 0.3) is 5.91 Å². The maximum absolute atomic E-state index is 12.6. The summed E-state index contributed by atoms with van der Waals surface area (Å²) in [6.07, 6.45) is 5.12. The lowest BCUT2D eigenvalue weighted by molar-refractivity contribution is -0.126. The number of pyridine rings is 1. The van der Waals surface area contributed by atoms with Crippen LogP contribution in [0.25, 0.3) is 0 Å². The average molecular weight is 402 g/mol. The Kier molecular flexibility index (Phi) is 7.42. The normalized spacial score (nSPS) is 14.7. The summed E-state index contributed by atoms with van der Waals surface area (Å²) >= 11 is 1.46. The first-order valence-corrected chi connectivity index (χ1v) is 10.7. The number of thiophene rings is 1. The molecule has 1 aliphatic heterocycles. The second-order valence-corrected chi connectivity index (χ2v) is 7.88. The van der Waals surface area contributed by atoms with Crippen molar-refractivity contribution in [2.24, 2.45) is 5.92 Å². The molecule has 28 heavy (non-hydrogen) atoms. The molecule has 1 fully saturated rings. The molecule has 6 nitrogen and oxygen atoms in total. The fourth-order valence-corrected chi connectivity index (χ4v) is 3.92. The minimum atomic E-state index is -0.0616. The molecule has 0 spiro atoms. The monoisotopic (exact) mass is 401 g/mol. The summed E-state index contributed by atoms with van der Waals surface area (Å²) < 4.78 is 5.73. The zero-order valence-electron chi connectivity index (χ0n) is 16.2. The van der Waals surface area contributed by atoms with Gasteiger partial charge in [0.05, 0.1) is 11.5 Å². The Morgan fingerprint density at radius 3 is 2.82 bits per heavy atom. The standard InChI is InChI=1S/C21H27N3O3S/c1-2-3-13-27-20-17(6-4-10-22-20)15-23-19(25)16-8-11-24(12-9-16)21(26)18-7-5-14-28-18/h4-7,10,14,16H,2-3,8-9,11-13,15H2,1H3,(H,23,25). The van der Waals surface area contributed by atoms with Crippen LogP contribution < -0.4 is 10.1 Å². The molecule has 0 saturated carbocycles. The molecule has 3 rings (SSSR count). The molecule has 0 atom stereocenters. The zero-order valence-corrected chi connectivity index (χ0v) is 17.0. The Morgan fingerprint density at radius 1 is 1.29 bits per heavy atom. The number of unbranched alkanes of at least 4 members (excludes halogenated alkanes) is 1. The Labute approximate surface area is 169 Å². The van der Waals surface area contributed by atoms with Crippen LogP contribution in [0.3, 0.4) is 0 Å². The van der Waals surface area contributed by atoms with Crippen molar-refractivity contribution in [2.45, 2.75) is 39.2 Å². The van der Waals surface area contributed by atoms with Crippen LogP contribution in [0.4, 0.5) is 0 Å². The molecule has 1 aliphatic rings. The van der Waals surface area contributed by atoms with Crippen molar-refractivity contribution in [3.63, 3.8) is 0 Å². The summed E-state index contributed by atoms with van der Waals surface area (Å²) in [6.45, 7) is 4.38. The van der Waals surface area contributed by atoms with Gasteiger partial charge >= 0.3 is 0 Å². The second kappa shape index (κ2) is 10.2. The quantitative estimate of drug-likeness (QED) is 0.688. The van der Waals surface area contributed by atoms with E-state index in [4.69, 9.17) is 4.74 Å². The van der Waals surface area contributed by atoms with Crippen molar-refractivity contribution >= 4 is 23.2 Å². The fraction of sp³-hybridized carbons (Fsp3) is 0.476. The van der Waals surface area contributed by atoms with Gasteiger partial charge in [0.1, 0.15) is 0 Å². The van der Waals surface area contributed by atoms with Gasteiger partial charge in [-0.2, -0.15) is 0 Å². The lowest BCUT2D eigenvalue weighted by Crippen LogP contribution is -2.42. The topological polar surface area (TPSA) is 71.5 Å². The molecule has 1 saturated heterocycles. The maximum atomic E-state index is 12.6. The van der Waals surface area contributed by atoms with E-state index in [0.717, 1.165) is 23.3 Å². The van der Waals surface area contributed by atoms with Crippen molar-refractivity contribution in [2.75, 3.05) is 19.7 Å². The van der Waals surface area contributed by atoms with Gasteiger partial charge in [-0.1, -0.05) is 25.5 Å². The number of rotatable bonds is 8. The molecule has 0 aliphatic carbocycles. The zero-order chi connectivity index (χ0) is 19.8. The fourth-order valence-electron chi connectivity index (χ4n) is 3.23. The third kappa shape index (κ3) is 5.32. The molecule has 3 heterocycles. The summed E-state index contributed by atoms with van der Waals surface area (Å²) in [5.41, 5.74) is 0.886. The molecule has 0 aromatic carbocycles. The van der Waals surface area contributed by atoms with E-state index in [1.54, 1.807) is 6.20 Å². The highest BCUT2D eigenvalue weighted by molar-refractivity contribution is 7.12. The lowest BCUT2D eigenvalue weighted by atomic mass is 9.95. The van der Waals surface area contributed by atoms with Gasteiger partial charge in [0.15, 0.2) is 0 Å². The highest BCUT2D eigenvalue weighted by atomic mass is 32.1. The number of hydrogen-bond donors (Lipinski definition) is 1. The molecule has 0 radical (unpaired) electrons. The molecule has 2 aromatic rings. The number of likely N-dealkylation sites (tertiary alicyclic amines) is 1. The molecule has 2 aromatic heterocycles. The summed E-state index contributed by atoms with van der Waals surface area (Å²) in [5, 5.41) is 4.92. The van der Waals surface area contributed by atoms with Gasteiger partial charge in [0, 0.05) is 37.3 Å². The van der Waals surface area contributed by atoms with E-state index >= 15 is 0 Å². The highest BCUT2D eigenvalue weighted by Gasteiger charge is 2.28. The van der Waals surface area contributed by atoms with Gasteiger partial charge in [-0.25, -0.2) is 4.98 Å². The third-order valence-electron chi connectivity index (χ3n) is 4.92. The predicted molar refractivity (Wildman–Crippen MR) is 109 cm³/mol. The van der Waals surface area contributed by atoms with E-state index in [0.29, 0.717) is 45.0 Å². The van der Waals surface area contributed by atoms with E-state index < -0.39 is 0 Å². The molecule has 2 amide bonds. The highest BCUT2D eigenvalue weighted by Crippen LogP contribution is 2.21. The van der Waals surface area contributed by atoms with Crippen molar-refractivity contribution in [3.8, 4) is 5.88 Å². The van der Waals surface area contributed by atoms with Crippen LogP contribution in [0, 0.1) is 5.92 Å². The number of nitrogens with one attached hydrogen (secondary N) is 1. The van der Waals surface area contributed by atoms with Gasteiger partial charge in [-0.05, 0) is 36.8 Å². The number of ether oxygens (including phenoxy) is 1. The summed E-state index contributed by atoms with van der Waals surface area (Å²) in [6, 6.07) is 7.51. The largest absolute Gasteiger partial charge is 0.477 e. The molecule has 150 valence electrons. The number of aromatic nitrogens is 1. The SMILES string of the molecule is CCCCOc1ncccc1CNC(=O)C1CCN(C(=O)c2cccs2)CC1. The summed E-state index contributed by atoms with van der Waals surface area (Å²) in [5.74, 6) is 0.630. The number of hydrogen-bond acceptors (Lipinski definition) is 5. The van der Waals surface area contributed by atoms with Gasteiger partial charge in [-0.15, -0.1) is 11.3 Å². The maximum Gasteiger partial charge on any atom is 0.263 e. The van der Waals surface area contributed by atoms with Crippen LogP contribution in [0.2, 0.25) is 0 Å². The third-order valence-corrected chi connectivity index (χ3v) is 5.78. The molecule has 0 bridgehead atoms. The van der Waals surface area contributed by atoms with Crippen LogP contribution in [-0.2, 0) is 11.3 Å². The average Bonchev–Trinajstić information content (AvgIpc) is 3.27. The number of piperidine rings is 1. The minimum absolute atomic E-state index is 0.0339. The van der Waals surface area contributed by atoms with Crippen molar-refractivity contribution in [1.29, 1.82) is 0 Å². The first-order valence-electron chi connectivity index (χ1n) is 9.86. The Balaban J connectivity index is 1.47. The van der Waals surface area contributed by atoms with Crippen LogP contribution in [0.15, 0.2) is 35.8 Å². The van der Waals surface area contributed by atoms with Crippen LogP contribution in [-0.4, -0.2) is 41.4 Å². The van der Waals surface area contributed by atoms with Gasteiger partial charge in [-0.3, -0.25) is 9.59 Å². The van der Waals surface area contributed by atoms with Crippen molar-refractivity contribution in [3.05, 3.63) is 46.3 Å². The van der Waals surface area contributed by atoms with Gasteiger partial charge in [0.2, 0.25) is 11.8 Å². The Hall–Kier alpha value is -2.41. The summed E-state index contributed by atoms with van der Waals surface area (Å²) in [7, 11) is 0. The summed E-state index contributed by atoms with van der Waals surface area (Å²) in [4.78, 5) is 31.9. The van der Waals surface area contributed by atoms with Crippen LogP contribution in [0.5, 0.6) is 5.88 Å². The van der Waals surface area contributed by atoms with Gasteiger partial charge < -0.3 is 15.0 Å². The molecular weight excluding hydrogens is 374 g/mol. The molecular formula is C21H27N3O3S. The van der Waals surface area contributed by atoms with E-state index in [1.807, 2.05) is 34.5 Å². The smallest absolute Gasteiger partial charge is 0.263 e. The lowest BCUT2D eigenvalue weighted by Gasteiger charge is -2.31. The number of nitrogens with zero attached hydrogens (tertiary/aromatic N) is 2. The minimum Gasteiger partial charge on any atom is -0.477 e. The van der Waals surface area contributed by atoms with Crippen molar-refractivity contribution in [1.82, 2.24) is 15.2 Å². The molecule has 1 N–H and O–H groups in total. The van der Waals surface area contributed by atoms with Crippen molar-refractivity contribution < 1.29 is 14.3 Å². The Morgan fingerprint density at radius 2 is 2.11 bits per heavy atom. The first kappa shape index (κ1) is 20.3. The first-order chi connectivity index (χ1) is 13.7. The number of amides is 2. The predicted octanol–water partition coefficient (Wildman–Crippen LogP) is 3.49. The van der Waals surface area contributed by atoms with E-state index in [2.05, 4.69) is 17.2 Å². The second-order valence-electron chi connectivity index (χ2n) is 6.93. The molecule has 7 heteroatoms. The van der Waals surface area contributed by atoms with E-state index in [9.17, 15) is 9.59 Å². The van der Waals surface area contributed by atoms with Crippen LogP contribution >= 0.6 is 11.3 Å². The molecule has 0 unspecified atom stereocenters. The Bertz CT molecular complexity index is 771.